The van der Waals surface area contributed by atoms with Gasteiger partial charge in [0.25, 0.3) is 11.6 Å². The molecule has 0 saturated carbocycles. The number of nitro benzene ring substituents is 1. The van der Waals surface area contributed by atoms with E-state index in [9.17, 15) is 14.9 Å². The largest absolute Gasteiger partial charge is 0.371 e. The van der Waals surface area contributed by atoms with Crippen molar-refractivity contribution in [3.8, 4) is 0 Å². The van der Waals surface area contributed by atoms with Gasteiger partial charge in [0.15, 0.2) is 0 Å². The molecule has 1 unspecified atom stereocenters. The zero-order valence-corrected chi connectivity index (χ0v) is 18.5. The van der Waals surface area contributed by atoms with E-state index in [1.54, 1.807) is 35.4 Å². The summed E-state index contributed by atoms with van der Waals surface area (Å²) >= 11 is 0. The lowest BCUT2D eigenvalue weighted by Crippen LogP contribution is -2.24. The van der Waals surface area contributed by atoms with Gasteiger partial charge in [0.05, 0.1) is 23.2 Å². The summed E-state index contributed by atoms with van der Waals surface area (Å²) in [6.45, 7) is 2.66. The molecule has 10 heteroatoms. The van der Waals surface area contributed by atoms with Crippen LogP contribution in [0.5, 0.6) is 0 Å². The number of anilines is 1. The van der Waals surface area contributed by atoms with E-state index in [0.717, 1.165) is 16.8 Å². The Labute approximate surface area is 195 Å². The summed E-state index contributed by atoms with van der Waals surface area (Å²) in [7, 11) is 0. The molecule has 0 bridgehead atoms. The van der Waals surface area contributed by atoms with Gasteiger partial charge in [0.1, 0.15) is 18.3 Å². The summed E-state index contributed by atoms with van der Waals surface area (Å²) in [5, 5.41) is 21.8. The summed E-state index contributed by atoms with van der Waals surface area (Å²) in [5.41, 5.74) is 3.00. The van der Waals surface area contributed by atoms with Gasteiger partial charge in [-0.2, -0.15) is 5.10 Å². The molecule has 172 valence electrons. The predicted molar refractivity (Wildman–Crippen MR) is 126 cm³/mol. The normalized spacial score (nSPS) is 11.6. The minimum Gasteiger partial charge on any atom is -0.371 e. The van der Waals surface area contributed by atoms with Gasteiger partial charge in [-0.25, -0.2) is 9.67 Å². The number of nitrogens with zero attached hydrogens (tertiary/aromatic N) is 5. The summed E-state index contributed by atoms with van der Waals surface area (Å²) in [6, 6.07) is 17.3. The maximum atomic E-state index is 12.8. The number of amides is 1. The summed E-state index contributed by atoms with van der Waals surface area (Å²) in [4.78, 5) is 32.2. The average Bonchev–Trinajstić information content (AvgIpc) is 3.37. The van der Waals surface area contributed by atoms with Crippen LogP contribution in [0.1, 0.15) is 40.1 Å². The standard InChI is InChI=1S/C24H23N7O3/c1-17(21-8-4-5-11-26-21)29-22-10-9-18(12-23(22)31(33)34)24(32)27-13-19-6-2-3-7-20(19)14-30-16-25-15-28-30/h2-12,15-17,29H,13-14H2,1H3,(H,27,32). The summed E-state index contributed by atoms with van der Waals surface area (Å²) in [6.07, 6.45) is 4.76. The Morgan fingerprint density at radius 2 is 1.91 bits per heavy atom. The lowest BCUT2D eigenvalue weighted by molar-refractivity contribution is -0.384. The number of carbonyl (C=O) groups is 1. The molecule has 0 aliphatic rings. The van der Waals surface area contributed by atoms with Crippen LogP contribution in [0.4, 0.5) is 11.4 Å². The van der Waals surface area contributed by atoms with Crippen LogP contribution in [-0.2, 0) is 13.1 Å². The number of benzene rings is 2. The van der Waals surface area contributed by atoms with Crippen molar-refractivity contribution in [1.82, 2.24) is 25.1 Å². The molecule has 0 aliphatic heterocycles. The van der Waals surface area contributed by atoms with Crippen molar-refractivity contribution < 1.29 is 9.72 Å². The SMILES string of the molecule is CC(Nc1ccc(C(=O)NCc2ccccc2Cn2cncn2)cc1[N+](=O)[O-])c1ccccn1. The molecule has 4 aromatic rings. The van der Waals surface area contributed by atoms with Crippen molar-refractivity contribution in [2.24, 2.45) is 0 Å². The van der Waals surface area contributed by atoms with Crippen molar-refractivity contribution in [2.45, 2.75) is 26.1 Å². The first kappa shape index (κ1) is 22.6. The van der Waals surface area contributed by atoms with Crippen molar-refractivity contribution in [1.29, 1.82) is 0 Å². The molecule has 2 aromatic heterocycles. The van der Waals surface area contributed by atoms with Crippen LogP contribution >= 0.6 is 0 Å². The number of nitrogens with one attached hydrogen (secondary N) is 2. The molecule has 4 rings (SSSR count). The van der Waals surface area contributed by atoms with E-state index in [-0.39, 0.29) is 23.8 Å². The molecule has 10 nitrogen and oxygen atoms in total. The van der Waals surface area contributed by atoms with Gasteiger partial charge in [-0.05, 0) is 42.3 Å². The van der Waals surface area contributed by atoms with Gasteiger partial charge < -0.3 is 10.6 Å². The van der Waals surface area contributed by atoms with Crippen molar-refractivity contribution in [2.75, 3.05) is 5.32 Å². The third kappa shape index (κ3) is 5.41. The lowest BCUT2D eigenvalue weighted by atomic mass is 10.1. The number of rotatable bonds is 9. The van der Waals surface area contributed by atoms with E-state index in [0.29, 0.717) is 12.2 Å². The van der Waals surface area contributed by atoms with Gasteiger partial charge in [-0.1, -0.05) is 30.3 Å². The van der Waals surface area contributed by atoms with Gasteiger partial charge in [0.2, 0.25) is 0 Å². The average molecular weight is 457 g/mol. The minimum atomic E-state index is -0.502. The Morgan fingerprint density at radius 3 is 2.62 bits per heavy atom. The molecule has 0 fully saturated rings. The second-order valence-corrected chi connectivity index (χ2v) is 7.65. The highest BCUT2D eigenvalue weighted by Crippen LogP contribution is 2.29. The van der Waals surface area contributed by atoms with E-state index in [2.05, 4.69) is 25.7 Å². The fourth-order valence-electron chi connectivity index (χ4n) is 3.54. The van der Waals surface area contributed by atoms with Gasteiger partial charge in [-0.15, -0.1) is 0 Å². The van der Waals surface area contributed by atoms with Crippen molar-refractivity contribution in [3.05, 3.63) is 112 Å². The second-order valence-electron chi connectivity index (χ2n) is 7.65. The monoisotopic (exact) mass is 457 g/mol. The van der Waals surface area contributed by atoms with Crippen LogP contribution in [0.3, 0.4) is 0 Å². The van der Waals surface area contributed by atoms with E-state index in [1.807, 2.05) is 43.3 Å². The minimum absolute atomic E-state index is 0.179. The van der Waals surface area contributed by atoms with Gasteiger partial charge in [0, 0.05) is 24.4 Å². The molecule has 2 heterocycles. The van der Waals surface area contributed by atoms with E-state index in [1.165, 1.54) is 12.4 Å². The Morgan fingerprint density at radius 1 is 1.12 bits per heavy atom. The first-order chi connectivity index (χ1) is 16.5. The molecule has 34 heavy (non-hydrogen) atoms. The molecular weight excluding hydrogens is 434 g/mol. The molecule has 1 atom stereocenters. The number of nitro groups is 1. The predicted octanol–water partition coefficient (Wildman–Crippen LogP) is 3.73. The fraction of sp³-hybridized carbons (Fsp3) is 0.167. The Bertz CT molecular complexity index is 1280. The first-order valence-corrected chi connectivity index (χ1v) is 10.6. The Hall–Kier alpha value is -4.60. The molecule has 2 aromatic carbocycles. The van der Waals surface area contributed by atoms with E-state index >= 15 is 0 Å². The number of carbonyl (C=O) groups excluding carboxylic acids is 1. The Kier molecular flexibility index (Phi) is 6.87. The highest BCUT2D eigenvalue weighted by molar-refractivity contribution is 5.95. The van der Waals surface area contributed by atoms with Gasteiger partial charge in [-0.3, -0.25) is 19.9 Å². The molecule has 0 radical (unpaired) electrons. The van der Waals surface area contributed by atoms with Crippen LogP contribution in [0.25, 0.3) is 0 Å². The van der Waals surface area contributed by atoms with Crippen LogP contribution in [0, 0.1) is 10.1 Å². The lowest BCUT2D eigenvalue weighted by Gasteiger charge is -2.15. The number of pyridine rings is 1. The van der Waals surface area contributed by atoms with Crippen LogP contribution in [0.2, 0.25) is 0 Å². The fourth-order valence-corrected chi connectivity index (χ4v) is 3.54. The quantitative estimate of drug-likeness (QED) is 0.289. The zero-order chi connectivity index (χ0) is 23.9. The third-order valence-corrected chi connectivity index (χ3v) is 5.32. The second kappa shape index (κ2) is 10.3. The molecule has 0 aliphatic carbocycles. The van der Waals surface area contributed by atoms with Crippen molar-refractivity contribution >= 4 is 17.3 Å². The highest BCUT2D eigenvalue weighted by Gasteiger charge is 2.20. The molecule has 1 amide bonds. The highest BCUT2D eigenvalue weighted by atomic mass is 16.6. The molecular formula is C24H23N7O3. The van der Waals surface area contributed by atoms with Crippen molar-refractivity contribution in [3.63, 3.8) is 0 Å². The Balaban J connectivity index is 1.47. The first-order valence-electron chi connectivity index (χ1n) is 10.6. The zero-order valence-electron chi connectivity index (χ0n) is 18.5. The molecule has 0 saturated heterocycles. The van der Waals surface area contributed by atoms with Crippen LogP contribution < -0.4 is 10.6 Å². The topological polar surface area (TPSA) is 128 Å². The summed E-state index contributed by atoms with van der Waals surface area (Å²) in [5.74, 6) is -0.400. The van der Waals surface area contributed by atoms with E-state index in [4.69, 9.17) is 0 Å². The number of hydrogen-bond donors (Lipinski definition) is 2. The van der Waals surface area contributed by atoms with Crippen LogP contribution in [0.15, 0.2) is 79.5 Å². The smallest absolute Gasteiger partial charge is 0.293 e. The molecule has 0 spiro atoms. The maximum Gasteiger partial charge on any atom is 0.293 e. The number of hydrogen-bond acceptors (Lipinski definition) is 7. The maximum absolute atomic E-state index is 12.8. The third-order valence-electron chi connectivity index (χ3n) is 5.32. The van der Waals surface area contributed by atoms with E-state index < -0.39 is 10.8 Å². The molecule has 2 N–H and O–H groups in total. The summed E-state index contributed by atoms with van der Waals surface area (Å²) < 4.78 is 1.70. The number of aromatic nitrogens is 4. The van der Waals surface area contributed by atoms with Gasteiger partial charge >= 0.3 is 0 Å². The van der Waals surface area contributed by atoms with Crippen LogP contribution in [-0.4, -0.2) is 30.6 Å².